The van der Waals surface area contributed by atoms with E-state index >= 15 is 0 Å². The highest BCUT2D eigenvalue weighted by molar-refractivity contribution is 5.95. The van der Waals surface area contributed by atoms with Crippen molar-refractivity contribution in [2.75, 3.05) is 11.9 Å². The van der Waals surface area contributed by atoms with Crippen molar-refractivity contribution in [3.63, 3.8) is 0 Å². The number of hydrogen-bond donors (Lipinski definition) is 2. The molecule has 2 aromatic rings. The second kappa shape index (κ2) is 7.92. The van der Waals surface area contributed by atoms with Gasteiger partial charge in [-0.2, -0.15) is 0 Å². The zero-order chi connectivity index (χ0) is 17.6. The first kappa shape index (κ1) is 17.1. The molecule has 25 heavy (non-hydrogen) atoms. The first-order valence-electron chi connectivity index (χ1n) is 8.61. The number of aryl methyl sites for hydroxylation is 1. The molecule has 1 aliphatic carbocycles. The first-order valence-corrected chi connectivity index (χ1v) is 8.61. The van der Waals surface area contributed by atoms with Crippen molar-refractivity contribution in [2.24, 2.45) is 0 Å². The van der Waals surface area contributed by atoms with Gasteiger partial charge in [-0.15, -0.1) is 0 Å². The van der Waals surface area contributed by atoms with E-state index in [4.69, 9.17) is 4.74 Å². The predicted molar refractivity (Wildman–Crippen MR) is 94.7 cm³/mol. The van der Waals surface area contributed by atoms with Crippen LogP contribution in [0.3, 0.4) is 0 Å². The fraction of sp³-hybridized carbons (Fsp3) is 0.444. The number of nitrogens with zero attached hydrogens (tertiary/aromatic N) is 3. The predicted octanol–water partition coefficient (Wildman–Crippen LogP) is 2.34. The van der Waals surface area contributed by atoms with Gasteiger partial charge in [0.2, 0.25) is 0 Å². The zero-order valence-corrected chi connectivity index (χ0v) is 14.5. The van der Waals surface area contributed by atoms with Crippen LogP contribution in [-0.4, -0.2) is 39.5 Å². The average molecular weight is 341 g/mol. The highest BCUT2D eigenvalue weighted by Crippen LogP contribution is 2.23. The fourth-order valence-electron chi connectivity index (χ4n) is 3.03. The third-order valence-electron chi connectivity index (χ3n) is 4.23. The minimum absolute atomic E-state index is 0.0204. The SMILES string of the molecule is CCOc1cccnc1C(=O)N[C@H]1CCC[C@@H]1Nc1cnc(C)cn1. The van der Waals surface area contributed by atoms with Crippen molar-refractivity contribution < 1.29 is 9.53 Å². The lowest BCUT2D eigenvalue weighted by Gasteiger charge is -2.22. The van der Waals surface area contributed by atoms with Gasteiger partial charge < -0.3 is 15.4 Å². The van der Waals surface area contributed by atoms with Crippen molar-refractivity contribution in [3.05, 3.63) is 42.1 Å². The van der Waals surface area contributed by atoms with E-state index in [-0.39, 0.29) is 18.0 Å². The van der Waals surface area contributed by atoms with Crippen LogP contribution in [-0.2, 0) is 0 Å². The maximum atomic E-state index is 12.6. The van der Waals surface area contributed by atoms with E-state index in [0.717, 1.165) is 30.8 Å². The summed E-state index contributed by atoms with van der Waals surface area (Å²) in [6.45, 7) is 4.28. The highest BCUT2D eigenvalue weighted by atomic mass is 16.5. The molecule has 0 radical (unpaired) electrons. The van der Waals surface area contributed by atoms with Gasteiger partial charge in [-0.1, -0.05) is 0 Å². The van der Waals surface area contributed by atoms with E-state index in [1.54, 1.807) is 30.7 Å². The molecule has 2 heterocycles. The number of nitrogens with one attached hydrogen (secondary N) is 2. The van der Waals surface area contributed by atoms with Crippen molar-refractivity contribution in [1.29, 1.82) is 0 Å². The lowest BCUT2D eigenvalue weighted by atomic mass is 10.1. The Morgan fingerprint density at radius 2 is 2.08 bits per heavy atom. The van der Waals surface area contributed by atoms with Crippen LogP contribution in [0.15, 0.2) is 30.7 Å². The summed E-state index contributed by atoms with van der Waals surface area (Å²) >= 11 is 0. The van der Waals surface area contributed by atoms with Crippen LogP contribution in [0, 0.1) is 6.92 Å². The quantitative estimate of drug-likeness (QED) is 0.838. The van der Waals surface area contributed by atoms with Crippen molar-refractivity contribution in [1.82, 2.24) is 20.3 Å². The monoisotopic (exact) mass is 341 g/mol. The van der Waals surface area contributed by atoms with Crippen LogP contribution in [0.2, 0.25) is 0 Å². The van der Waals surface area contributed by atoms with E-state index in [1.165, 1.54) is 0 Å². The first-order chi connectivity index (χ1) is 12.2. The summed E-state index contributed by atoms with van der Waals surface area (Å²) in [4.78, 5) is 25.4. The highest BCUT2D eigenvalue weighted by Gasteiger charge is 2.30. The molecule has 0 aromatic carbocycles. The van der Waals surface area contributed by atoms with Crippen LogP contribution in [0.5, 0.6) is 5.75 Å². The van der Waals surface area contributed by atoms with Gasteiger partial charge >= 0.3 is 0 Å². The van der Waals surface area contributed by atoms with Gasteiger partial charge in [0.1, 0.15) is 5.82 Å². The second-order valence-electron chi connectivity index (χ2n) is 6.09. The van der Waals surface area contributed by atoms with Gasteiger partial charge in [0, 0.05) is 18.3 Å². The van der Waals surface area contributed by atoms with Gasteiger partial charge in [-0.05, 0) is 45.2 Å². The summed E-state index contributed by atoms with van der Waals surface area (Å²) in [6.07, 6.45) is 7.98. The molecular formula is C18H23N5O2. The lowest BCUT2D eigenvalue weighted by molar-refractivity contribution is 0.0926. The molecule has 1 saturated carbocycles. The Labute approximate surface area is 147 Å². The van der Waals surface area contributed by atoms with Crippen LogP contribution >= 0.6 is 0 Å². The van der Waals surface area contributed by atoms with E-state index in [0.29, 0.717) is 18.1 Å². The summed E-state index contributed by atoms with van der Waals surface area (Å²) in [5.74, 6) is 1.02. The van der Waals surface area contributed by atoms with Gasteiger partial charge in [-0.25, -0.2) is 9.97 Å². The molecular weight excluding hydrogens is 318 g/mol. The molecule has 0 aliphatic heterocycles. The molecule has 1 fully saturated rings. The number of hydrogen-bond acceptors (Lipinski definition) is 6. The maximum absolute atomic E-state index is 12.6. The summed E-state index contributed by atoms with van der Waals surface area (Å²) in [5, 5.41) is 6.46. The Hall–Kier alpha value is -2.70. The van der Waals surface area contributed by atoms with Gasteiger partial charge in [0.25, 0.3) is 5.91 Å². The topological polar surface area (TPSA) is 89.0 Å². The number of carbonyl (C=O) groups is 1. The number of rotatable bonds is 6. The fourth-order valence-corrected chi connectivity index (χ4v) is 3.03. The van der Waals surface area contributed by atoms with E-state index < -0.39 is 0 Å². The number of carbonyl (C=O) groups excluding carboxylic acids is 1. The molecule has 132 valence electrons. The van der Waals surface area contributed by atoms with Gasteiger partial charge in [0.05, 0.1) is 24.7 Å². The second-order valence-corrected chi connectivity index (χ2v) is 6.09. The van der Waals surface area contributed by atoms with Crippen molar-refractivity contribution >= 4 is 11.7 Å². The maximum Gasteiger partial charge on any atom is 0.274 e. The number of amides is 1. The van der Waals surface area contributed by atoms with E-state index in [1.807, 2.05) is 13.8 Å². The molecule has 0 bridgehead atoms. The molecule has 0 unspecified atom stereocenters. The molecule has 2 aromatic heterocycles. The number of ether oxygens (including phenoxy) is 1. The Bertz CT molecular complexity index is 720. The van der Waals surface area contributed by atoms with Gasteiger partial charge in [-0.3, -0.25) is 9.78 Å². The summed E-state index contributed by atoms with van der Waals surface area (Å²) in [6, 6.07) is 3.67. The molecule has 0 spiro atoms. The minimum atomic E-state index is -0.210. The van der Waals surface area contributed by atoms with Crippen molar-refractivity contribution in [2.45, 2.75) is 45.2 Å². The Kier molecular flexibility index (Phi) is 5.42. The lowest BCUT2D eigenvalue weighted by Crippen LogP contribution is -2.43. The molecule has 0 saturated heterocycles. The zero-order valence-electron chi connectivity index (χ0n) is 14.5. The largest absolute Gasteiger partial charge is 0.491 e. The van der Waals surface area contributed by atoms with E-state index in [2.05, 4.69) is 25.6 Å². The standard InChI is InChI=1S/C18H23N5O2/c1-3-25-15-8-5-9-19-17(15)18(24)23-14-7-4-6-13(14)22-16-11-20-12(2)10-21-16/h5,8-11,13-14H,3-4,6-7H2,1-2H3,(H,21,22)(H,23,24)/t13-,14-/m0/s1. The molecule has 1 amide bonds. The molecule has 7 nitrogen and oxygen atoms in total. The molecule has 2 atom stereocenters. The molecule has 7 heteroatoms. The van der Waals surface area contributed by atoms with Crippen LogP contribution in [0.25, 0.3) is 0 Å². The third-order valence-corrected chi connectivity index (χ3v) is 4.23. The van der Waals surface area contributed by atoms with Crippen molar-refractivity contribution in [3.8, 4) is 5.75 Å². The summed E-state index contributed by atoms with van der Waals surface area (Å²) < 4.78 is 5.50. The minimum Gasteiger partial charge on any atom is -0.491 e. The summed E-state index contributed by atoms with van der Waals surface area (Å²) in [7, 11) is 0. The summed E-state index contributed by atoms with van der Waals surface area (Å²) in [5.41, 5.74) is 1.20. The Morgan fingerprint density at radius 3 is 2.84 bits per heavy atom. The average Bonchev–Trinajstić information content (AvgIpc) is 3.04. The smallest absolute Gasteiger partial charge is 0.274 e. The number of pyridine rings is 1. The van der Waals surface area contributed by atoms with Crippen LogP contribution in [0.1, 0.15) is 42.4 Å². The normalized spacial score (nSPS) is 19.4. The molecule has 2 N–H and O–H groups in total. The van der Waals surface area contributed by atoms with E-state index in [9.17, 15) is 4.79 Å². The Balaban J connectivity index is 1.67. The van der Waals surface area contributed by atoms with Crippen LogP contribution in [0.4, 0.5) is 5.82 Å². The Morgan fingerprint density at radius 1 is 1.24 bits per heavy atom. The van der Waals surface area contributed by atoms with Crippen LogP contribution < -0.4 is 15.4 Å². The third kappa shape index (κ3) is 4.23. The molecule has 1 aliphatic rings. The number of anilines is 1. The van der Waals surface area contributed by atoms with Gasteiger partial charge in [0.15, 0.2) is 11.4 Å². The molecule has 3 rings (SSSR count). The number of aromatic nitrogens is 3.